The molecule has 0 aliphatic rings. The maximum atomic E-state index is 7.14. The Kier molecular flexibility index (Phi) is 8.81. The van der Waals surface area contributed by atoms with Crippen LogP contribution in [-0.4, -0.2) is 0 Å². The molecule has 0 spiro atoms. The second-order valence-electron chi connectivity index (χ2n) is 15.8. The first kappa shape index (κ1) is 36.5. The van der Waals surface area contributed by atoms with Crippen LogP contribution in [0, 0.1) is 0 Å². The molecule has 0 unspecified atom stereocenters. The molecule has 12 aromatic rings. The summed E-state index contributed by atoms with van der Waals surface area (Å²) in [4.78, 5) is 3.21. The van der Waals surface area contributed by atoms with Gasteiger partial charge in [-0.1, -0.05) is 176 Å². The van der Waals surface area contributed by atoms with Crippen molar-refractivity contribution >= 4 is 93.9 Å². The van der Waals surface area contributed by atoms with Crippen LogP contribution in [0.5, 0.6) is 0 Å². The van der Waals surface area contributed by atoms with Gasteiger partial charge in [0.1, 0.15) is 5.58 Å². The normalized spacial score (nSPS) is 11.6. The van der Waals surface area contributed by atoms with Crippen LogP contribution in [0.25, 0.3) is 97.4 Å². The van der Waals surface area contributed by atoms with Gasteiger partial charge in [0.05, 0.1) is 11.4 Å². The second-order valence-corrected chi connectivity index (χ2v) is 17.3. The predicted octanol–water partition coefficient (Wildman–Crippen LogP) is 17.5. The summed E-state index contributed by atoms with van der Waals surface area (Å²) in [7, 11) is 0. The maximum absolute atomic E-state index is 7.14. The van der Waals surface area contributed by atoms with Gasteiger partial charge in [-0.05, 0) is 92.4 Å². The Morgan fingerprint density at radius 2 is 0.968 bits per heavy atom. The minimum Gasteiger partial charge on any atom is -0.453 e. The first-order chi connectivity index (χ1) is 30.7. The molecular formula is C58H37NOS2. The number of benzene rings is 10. The summed E-state index contributed by atoms with van der Waals surface area (Å²) in [6, 6.07) is 78.3. The van der Waals surface area contributed by atoms with Gasteiger partial charge in [-0.3, -0.25) is 0 Å². The maximum Gasteiger partial charge on any atom is 0.159 e. The quantitative estimate of drug-likeness (QED) is 0.161. The van der Waals surface area contributed by atoms with Gasteiger partial charge in [0, 0.05) is 46.9 Å². The molecule has 62 heavy (non-hydrogen) atoms. The van der Waals surface area contributed by atoms with Gasteiger partial charge in [0.15, 0.2) is 5.58 Å². The summed E-state index contributed by atoms with van der Waals surface area (Å²) in [5, 5.41) is 6.99. The number of furan rings is 1. The van der Waals surface area contributed by atoms with E-state index >= 15 is 0 Å². The largest absolute Gasteiger partial charge is 0.453 e. The zero-order valence-electron chi connectivity index (χ0n) is 33.5. The number of hydrogen-bond acceptors (Lipinski definition) is 4. The van der Waals surface area contributed by atoms with Gasteiger partial charge in [-0.15, -0.1) is 24.0 Å². The molecule has 0 N–H and O–H groups in total. The zero-order chi connectivity index (χ0) is 41.1. The van der Waals surface area contributed by atoms with Crippen molar-refractivity contribution in [2.75, 3.05) is 4.90 Å². The van der Waals surface area contributed by atoms with Crippen molar-refractivity contribution in [3.63, 3.8) is 0 Å². The van der Waals surface area contributed by atoms with E-state index in [2.05, 4.69) is 223 Å². The lowest BCUT2D eigenvalue weighted by molar-refractivity contribution is 0.673. The van der Waals surface area contributed by atoms with Crippen LogP contribution in [0.2, 0.25) is 0 Å². The van der Waals surface area contributed by atoms with Crippen LogP contribution in [0.15, 0.2) is 228 Å². The molecule has 0 fully saturated rings. The fraction of sp³-hybridized carbons (Fsp3) is 0. The highest BCUT2D eigenvalue weighted by molar-refractivity contribution is 7.80. The summed E-state index contributed by atoms with van der Waals surface area (Å²) < 4.78 is 9.76. The van der Waals surface area contributed by atoms with Crippen molar-refractivity contribution in [3.05, 3.63) is 218 Å². The minimum absolute atomic E-state index is 0.818. The number of anilines is 3. The Hall–Kier alpha value is -7.37. The molecule has 0 saturated heterocycles. The molecule has 4 heteroatoms. The highest BCUT2D eigenvalue weighted by atomic mass is 32.1. The number of fused-ring (bicyclic) bond motifs is 8. The third-order valence-electron chi connectivity index (χ3n) is 12.2. The van der Waals surface area contributed by atoms with Gasteiger partial charge in [0.2, 0.25) is 0 Å². The van der Waals surface area contributed by atoms with Gasteiger partial charge in [0.25, 0.3) is 0 Å². The van der Waals surface area contributed by atoms with Crippen molar-refractivity contribution in [2.24, 2.45) is 0 Å². The second kappa shape index (κ2) is 15.0. The molecule has 0 atom stereocenters. The highest BCUT2D eigenvalue weighted by Crippen LogP contribution is 2.49. The lowest BCUT2D eigenvalue weighted by Crippen LogP contribution is -2.11. The van der Waals surface area contributed by atoms with Gasteiger partial charge in [-0.2, -0.15) is 0 Å². The Balaban J connectivity index is 1.09. The standard InChI is InChI=1S/C58H37NOS2/c61-57-46(40-15-5-2-6-16-40)20-12-23-52(57)59(44-32-29-38(30-33-44)37-13-3-1-4-14-37)53-36-43(35-51-49-34-31-41-17-7-8-18-45(41)55(49)60-56(51)53)39-25-27-42(28-26-39)47-21-11-22-50-48-19-9-10-24-54(48)62-58(47)50/h1-36,61H. The molecule has 2 nitrogen and oxygen atoms in total. The molecule has 0 aliphatic heterocycles. The number of thiophene rings is 1. The zero-order valence-corrected chi connectivity index (χ0v) is 35.2. The summed E-state index contributed by atoms with van der Waals surface area (Å²) >= 11 is 7.21. The van der Waals surface area contributed by atoms with E-state index in [1.54, 1.807) is 0 Å². The summed E-state index contributed by atoms with van der Waals surface area (Å²) in [5.41, 5.74) is 13.8. The fourth-order valence-electron chi connectivity index (χ4n) is 9.14. The van der Waals surface area contributed by atoms with Crippen LogP contribution in [0.3, 0.4) is 0 Å². The molecule has 0 bridgehead atoms. The van der Waals surface area contributed by atoms with Crippen LogP contribution in [0.4, 0.5) is 17.1 Å². The third-order valence-corrected chi connectivity index (χ3v) is 13.9. The third kappa shape index (κ3) is 6.10. The highest BCUT2D eigenvalue weighted by Gasteiger charge is 2.24. The van der Waals surface area contributed by atoms with E-state index in [0.717, 1.165) is 82.5 Å². The molecule has 10 aromatic carbocycles. The summed E-state index contributed by atoms with van der Waals surface area (Å²) in [6.07, 6.45) is 0. The number of nitrogens with zero attached hydrogens (tertiary/aromatic N) is 1. The van der Waals surface area contributed by atoms with Crippen LogP contribution in [-0.2, 0) is 0 Å². The molecule has 0 amide bonds. The Labute approximate surface area is 369 Å². The molecular weight excluding hydrogens is 791 g/mol. The minimum atomic E-state index is 0.818. The van der Waals surface area contributed by atoms with E-state index in [4.69, 9.17) is 17.0 Å². The topological polar surface area (TPSA) is 16.4 Å². The average Bonchev–Trinajstić information content (AvgIpc) is 3.92. The van der Waals surface area contributed by atoms with E-state index in [9.17, 15) is 0 Å². The predicted molar refractivity (Wildman–Crippen MR) is 268 cm³/mol. The van der Waals surface area contributed by atoms with E-state index in [0.29, 0.717) is 0 Å². The van der Waals surface area contributed by atoms with Crippen LogP contribution in [0.1, 0.15) is 0 Å². The lowest BCUT2D eigenvalue weighted by atomic mass is 9.96. The average molecular weight is 828 g/mol. The van der Waals surface area contributed by atoms with Crippen molar-refractivity contribution in [1.82, 2.24) is 0 Å². The van der Waals surface area contributed by atoms with Gasteiger partial charge in [-0.25, -0.2) is 0 Å². The van der Waals surface area contributed by atoms with Crippen molar-refractivity contribution in [1.29, 1.82) is 0 Å². The van der Waals surface area contributed by atoms with E-state index in [1.807, 2.05) is 11.3 Å². The summed E-state index contributed by atoms with van der Waals surface area (Å²) in [6.45, 7) is 0. The number of thiol groups is 1. The lowest BCUT2D eigenvalue weighted by Gasteiger charge is -2.28. The van der Waals surface area contributed by atoms with Crippen molar-refractivity contribution in [2.45, 2.75) is 4.90 Å². The van der Waals surface area contributed by atoms with Crippen LogP contribution < -0.4 is 4.90 Å². The molecule has 0 aliphatic carbocycles. The monoisotopic (exact) mass is 827 g/mol. The van der Waals surface area contributed by atoms with E-state index in [-0.39, 0.29) is 0 Å². The first-order valence-electron chi connectivity index (χ1n) is 20.9. The smallest absolute Gasteiger partial charge is 0.159 e. The van der Waals surface area contributed by atoms with E-state index < -0.39 is 0 Å². The Morgan fingerprint density at radius 1 is 0.371 bits per heavy atom. The van der Waals surface area contributed by atoms with Gasteiger partial charge < -0.3 is 9.32 Å². The number of hydrogen-bond donors (Lipinski definition) is 1. The van der Waals surface area contributed by atoms with Crippen LogP contribution >= 0.6 is 24.0 Å². The van der Waals surface area contributed by atoms with Gasteiger partial charge >= 0.3 is 0 Å². The number of rotatable bonds is 7. The van der Waals surface area contributed by atoms with E-state index in [1.165, 1.54) is 36.9 Å². The molecule has 0 saturated carbocycles. The Bertz CT molecular complexity index is 3630. The van der Waals surface area contributed by atoms with Crippen molar-refractivity contribution in [3.8, 4) is 44.5 Å². The SMILES string of the molecule is Sc1c(-c2ccccc2)cccc1N(c1ccc(-c2ccccc2)cc1)c1cc(-c2ccc(-c3cccc4c3sc3ccccc34)cc2)cc2c1oc1c3ccccc3ccc21. The molecule has 2 aromatic heterocycles. The molecule has 2 heterocycles. The molecule has 12 rings (SSSR count). The molecule has 292 valence electrons. The molecule has 0 radical (unpaired) electrons. The Morgan fingerprint density at radius 3 is 1.77 bits per heavy atom. The first-order valence-corrected chi connectivity index (χ1v) is 22.1. The fourth-order valence-corrected chi connectivity index (χ4v) is 10.8. The summed E-state index contributed by atoms with van der Waals surface area (Å²) in [5.74, 6) is 0. The van der Waals surface area contributed by atoms with Crippen molar-refractivity contribution < 1.29 is 4.42 Å².